The number of nitrogens with one attached hydrogen (secondary N) is 1. The summed E-state index contributed by atoms with van der Waals surface area (Å²) < 4.78 is 17.9. The number of rotatable bonds is 3. The Kier molecular flexibility index (Phi) is 4.36. The van der Waals surface area contributed by atoms with Gasteiger partial charge in [0.15, 0.2) is 0 Å². The van der Waals surface area contributed by atoms with Crippen molar-refractivity contribution in [1.82, 2.24) is 0 Å². The highest BCUT2D eigenvalue weighted by atomic mass is 35.5. The van der Waals surface area contributed by atoms with Crippen LogP contribution >= 0.6 is 11.6 Å². The topological polar surface area (TPSA) is 38.3 Å². The fourth-order valence-corrected chi connectivity index (χ4v) is 1.63. The van der Waals surface area contributed by atoms with Gasteiger partial charge in [-0.1, -0.05) is 41.9 Å². The van der Waals surface area contributed by atoms with Crippen molar-refractivity contribution < 1.29 is 13.9 Å². The lowest BCUT2D eigenvalue weighted by molar-refractivity contribution is 0.155. The van der Waals surface area contributed by atoms with Crippen molar-refractivity contribution >= 4 is 23.4 Å². The summed E-state index contributed by atoms with van der Waals surface area (Å²) in [4.78, 5) is 11.5. The van der Waals surface area contributed by atoms with E-state index in [0.29, 0.717) is 5.69 Å². The third kappa shape index (κ3) is 3.96. The number of carbonyl (C=O) groups is 1. The van der Waals surface area contributed by atoms with Crippen LogP contribution in [0.25, 0.3) is 0 Å². The van der Waals surface area contributed by atoms with Crippen LogP contribution < -0.4 is 5.32 Å². The quantitative estimate of drug-likeness (QED) is 0.913. The Morgan fingerprint density at radius 1 is 1.21 bits per heavy atom. The molecule has 0 aliphatic heterocycles. The van der Waals surface area contributed by atoms with Crippen molar-refractivity contribution in [3.8, 4) is 0 Å². The smallest absolute Gasteiger partial charge is 0.411 e. The molecule has 2 aromatic carbocycles. The highest BCUT2D eigenvalue weighted by Gasteiger charge is 2.06. The van der Waals surface area contributed by atoms with Gasteiger partial charge in [-0.05, 0) is 23.8 Å². The molecule has 0 radical (unpaired) electrons. The van der Waals surface area contributed by atoms with Gasteiger partial charge in [-0.3, -0.25) is 5.32 Å². The van der Waals surface area contributed by atoms with Gasteiger partial charge in [-0.2, -0.15) is 0 Å². The summed E-state index contributed by atoms with van der Waals surface area (Å²) in [7, 11) is 0. The van der Waals surface area contributed by atoms with Crippen LogP contribution in [0, 0.1) is 5.82 Å². The summed E-state index contributed by atoms with van der Waals surface area (Å²) in [6.45, 7) is 0.168. The van der Waals surface area contributed by atoms with Crippen molar-refractivity contribution in [1.29, 1.82) is 0 Å². The number of hydrogen-bond donors (Lipinski definition) is 1. The maximum atomic E-state index is 12.9. The number of benzene rings is 2. The molecule has 0 saturated heterocycles. The Balaban J connectivity index is 1.89. The molecule has 0 fully saturated rings. The molecule has 98 valence electrons. The van der Waals surface area contributed by atoms with E-state index < -0.39 is 11.9 Å². The van der Waals surface area contributed by atoms with Crippen LogP contribution in [0.1, 0.15) is 5.56 Å². The fraction of sp³-hybridized carbons (Fsp3) is 0.0714. The predicted molar refractivity (Wildman–Crippen MR) is 71.7 cm³/mol. The van der Waals surface area contributed by atoms with E-state index >= 15 is 0 Å². The molecular formula is C14H11ClFNO2. The van der Waals surface area contributed by atoms with Gasteiger partial charge in [0.2, 0.25) is 0 Å². The molecule has 2 aromatic rings. The minimum atomic E-state index is -0.619. The van der Waals surface area contributed by atoms with Crippen LogP contribution in [0.3, 0.4) is 0 Å². The SMILES string of the molecule is O=C(Nc1ccc(F)c(Cl)c1)OCc1ccccc1. The van der Waals surface area contributed by atoms with Crippen LogP contribution in [0.4, 0.5) is 14.9 Å². The molecule has 2 rings (SSSR count). The molecule has 0 spiro atoms. The maximum absolute atomic E-state index is 12.9. The van der Waals surface area contributed by atoms with Gasteiger partial charge >= 0.3 is 6.09 Å². The number of anilines is 1. The van der Waals surface area contributed by atoms with Gasteiger partial charge in [-0.25, -0.2) is 9.18 Å². The molecule has 1 N–H and O–H groups in total. The summed E-state index contributed by atoms with van der Waals surface area (Å²) in [6.07, 6.45) is -0.619. The molecule has 3 nitrogen and oxygen atoms in total. The van der Waals surface area contributed by atoms with Crippen LogP contribution in [0.5, 0.6) is 0 Å². The van der Waals surface area contributed by atoms with Crippen molar-refractivity contribution in [3.05, 3.63) is 64.9 Å². The standard InChI is InChI=1S/C14H11ClFNO2/c15-12-8-11(6-7-13(12)16)17-14(18)19-9-10-4-2-1-3-5-10/h1-8H,9H2,(H,17,18). The Labute approximate surface area is 115 Å². The molecule has 1 amide bonds. The van der Waals surface area contributed by atoms with E-state index in [-0.39, 0.29) is 11.6 Å². The third-order valence-electron chi connectivity index (χ3n) is 2.38. The van der Waals surface area contributed by atoms with Gasteiger partial charge in [0.1, 0.15) is 12.4 Å². The van der Waals surface area contributed by atoms with Crippen molar-refractivity contribution in [2.45, 2.75) is 6.61 Å². The molecule has 0 unspecified atom stereocenters. The van der Waals surface area contributed by atoms with Gasteiger partial charge in [0.05, 0.1) is 5.02 Å². The van der Waals surface area contributed by atoms with E-state index in [4.69, 9.17) is 16.3 Å². The molecule has 5 heteroatoms. The number of halogens is 2. The Morgan fingerprint density at radius 3 is 2.63 bits per heavy atom. The largest absolute Gasteiger partial charge is 0.444 e. The minimum absolute atomic E-state index is 0.0548. The number of amides is 1. The minimum Gasteiger partial charge on any atom is -0.444 e. The normalized spacial score (nSPS) is 10.0. The molecular weight excluding hydrogens is 269 g/mol. The second-order valence-electron chi connectivity index (χ2n) is 3.82. The van der Waals surface area contributed by atoms with E-state index in [0.717, 1.165) is 5.56 Å². The third-order valence-corrected chi connectivity index (χ3v) is 2.67. The molecule has 0 aliphatic carbocycles. The van der Waals surface area contributed by atoms with E-state index in [1.54, 1.807) is 0 Å². The first-order chi connectivity index (χ1) is 9.15. The van der Waals surface area contributed by atoms with Crippen LogP contribution in [0.2, 0.25) is 5.02 Å². The predicted octanol–water partition coefficient (Wildman–Crippen LogP) is 4.23. The second kappa shape index (κ2) is 6.20. The zero-order chi connectivity index (χ0) is 13.7. The molecule has 19 heavy (non-hydrogen) atoms. The molecule has 0 bridgehead atoms. The lowest BCUT2D eigenvalue weighted by Gasteiger charge is -2.07. The van der Waals surface area contributed by atoms with Gasteiger partial charge in [0.25, 0.3) is 0 Å². The summed E-state index contributed by atoms with van der Waals surface area (Å²) in [5, 5.41) is 2.41. The highest BCUT2D eigenvalue weighted by molar-refractivity contribution is 6.31. The zero-order valence-electron chi connectivity index (χ0n) is 9.90. The summed E-state index contributed by atoms with van der Waals surface area (Å²) in [5.41, 5.74) is 1.26. The fourth-order valence-electron chi connectivity index (χ4n) is 1.45. The molecule has 0 aromatic heterocycles. The van der Waals surface area contributed by atoms with E-state index in [1.807, 2.05) is 30.3 Å². The summed E-state index contributed by atoms with van der Waals surface area (Å²) in [6, 6.07) is 13.2. The lowest BCUT2D eigenvalue weighted by Crippen LogP contribution is -2.13. The molecule has 0 aliphatic rings. The first-order valence-electron chi connectivity index (χ1n) is 5.58. The highest BCUT2D eigenvalue weighted by Crippen LogP contribution is 2.19. The van der Waals surface area contributed by atoms with Crippen LogP contribution in [-0.2, 0) is 11.3 Å². The maximum Gasteiger partial charge on any atom is 0.411 e. The summed E-state index contributed by atoms with van der Waals surface area (Å²) >= 11 is 5.60. The number of carbonyl (C=O) groups excluding carboxylic acids is 1. The Hall–Kier alpha value is -2.07. The van der Waals surface area contributed by atoms with Crippen molar-refractivity contribution in [2.75, 3.05) is 5.32 Å². The van der Waals surface area contributed by atoms with Crippen molar-refractivity contribution in [3.63, 3.8) is 0 Å². The average Bonchev–Trinajstić information content (AvgIpc) is 2.42. The Bertz CT molecular complexity index is 575. The first-order valence-corrected chi connectivity index (χ1v) is 5.96. The summed E-state index contributed by atoms with van der Waals surface area (Å²) in [5.74, 6) is -0.537. The van der Waals surface area contributed by atoms with Gasteiger partial charge in [0, 0.05) is 5.69 Å². The van der Waals surface area contributed by atoms with E-state index in [9.17, 15) is 9.18 Å². The monoisotopic (exact) mass is 279 g/mol. The van der Waals surface area contributed by atoms with Gasteiger partial charge < -0.3 is 4.74 Å². The second-order valence-corrected chi connectivity index (χ2v) is 4.22. The lowest BCUT2D eigenvalue weighted by atomic mass is 10.2. The molecule has 0 atom stereocenters. The Morgan fingerprint density at radius 2 is 1.95 bits per heavy atom. The van der Waals surface area contributed by atoms with E-state index in [2.05, 4.69) is 5.32 Å². The number of ether oxygens (including phenoxy) is 1. The average molecular weight is 280 g/mol. The molecule has 0 heterocycles. The first kappa shape index (κ1) is 13.4. The van der Waals surface area contributed by atoms with Gasteiger partial charge in [-0.15, -0.1) is 0 Å². The molecule has 0 saturated carbocycles. The number of hydrogen-bond acceptors (Lipinski definition) is 2. The van der Waals surface area contributed by atoms with Crippen LogP contribution in [0.15, 0.2) is 48.5 Å². The van der Waals surface area contributed by atoms with Crippen LogP contribution in [-0.4, -0.2) is 6.09 Å². The zero-order valence-corrected chi connectivity index (χ0v) is 10.7. The van der Waals surface area contributed by atoms with Crippen molar-refractivity contribution in [2.24, 2.45) is 0 Å². The van der Waals surface area contributed by atoms with E-state index in [1.165, 1.54) is 18.2 Å².